The fourth-order valence-corrected chi connectivity index (χ4v) is 2.42. The van der Waals surface area contributed by atoms with E-state index in [0.29, 0.717) is 5.56 Å². The second-order valence-electron chi connectivity index (χ2n) is 4.62. The van der Waals surface area contributed by atoms with Gasteiger partial charge in [0.15, 0.2) is 0 Å². The van der Waals surface area contributed by atoms with Gasteiger partial charge in [0, 0.05) is 5.69 Å². The van der Waals surface area contributed by atoms with E-state index >= 15 is 0 Å². The average molecular weight is 270 g/mol. The third kappa shape index (κ3) is 1.53. The van der Waals surface area contributed by atoms with Crippen molar-refractivity contribution in [2.24, 2.45) is 0 Å². The molecule has 5 heteroatoms. The zero-order valence-electron chi connectivity index (χ0n) is 10.7. The lowest BCUT2D eigenvalue weighted by Crippen LogP contribution is -2.31. The lowest BCUT2D eigenvalue weighted by atomic mass is 10.1. The summed E-state index contributed by atoms with van der Waals surface area (Å²) in [5, 5.41) is 0. The maximum Gasteiger partial charge on any atom is 0.268 e. The number of benzene rings is 2. The van der Waals surface area contributed by atoms with E-state index in [1.807, 2.05) is 0 Å². The zero-order valence-corrected chi connectivity index (χ0v) is 10.7. The molecular weight excluding hydrogens is 259 g/mol. The van der Waals surface area contributed by atoms with Crippen LogP contribution in [0.4, 0.5) is 15.8 Å². The summed E-state index contributed by atoms with van der Waals surface area (Å²) < 4.78 is 14.0. The highest BCUT2D eigenvalue weighted by Crippen LogP contribution is 2.34. The van der Waals surface area contributed by atoms with Crippen molar-refractivity contribution in [3.8, 4) is 0 Å². The Morgan fingerprint density at radius 1 is 1.05 bits per heavy atom. The van der Waals surface area contributed by atoms with Crippen molar-refractivity contribution in [1.82, 2.24) is 0 Å². The minimum Gasteiger partial charge on any atom is -0.398 e. The molecule has 0 fully saturated rings. The summed E-state index contributed by atoms with van der Waals surface area (Å²) in [6.45, 7) is 1.64. The van der Waals surface area contributed by atoms with Crippen LogP contribution < -0.4 is 10.6 Å². The maximum absolute atomic E-state index is 14.0. The van der Waals surface area contributed by atoms with Crippen LogP contribution in [-0.4, -0.2) is 11.8 Å². The van der Waals surface area contributed by atoms with Crippen molar-refractivity contribution >= 4 is 23.2 Å². The summed E-state index contributed by atoms with van der Waals surface area (Å²) in [7, 11) is 0. The summed E-state index contributed by atoms with van der Waals surface area (Å²) in [5.74, 6) is -1.75. The first-order chi connectivity index (χ1) is 9.52. The number of nitrogens with two attached hydrogens (primary N) is 1. The number of hydrogen-bond donors (Lipinski definition) is 1. The Labute approximate surface area is 114 Å². The van der Waals surface area contributed by atoms with Crippen LogP contribution in [-0.2, 0) is 0 Å². The molecule has 2 aromatic carbocycles. The molecule has 4 nitrogen and oxygen atoms in total. The van der Waals surface area contributed by atoms with Gasteiger partial charge in [-0.1, -0.05) is 18.2 Å². The van der Waals surface area contributed by atoms with Crippen molar-refractivity contribution in [3.63, 3.8) is 0 Å². The molecule has 0 atom stereocenters. The fourth-order valence-electron chi connectivity index (χ4n) is 2.42. The van der Waals surface area contributed by atoms with Crippen LogP contribution in [0, 0.1) is 12.7 Å². The average Bonchev–Trinajstić information content (AvgIpc) is 2.65. The monoisotopic (exact) mass is 270 g/mol. The van der Waals surface area contributed by atoms with Crippen molar-refractivity contribution in [2.75, 3.05) is 10.6 Å². The van der Waals surface area contributed by atoms with E-state index in [-0.39, 0.29) is 22.5 Å². The topological polar surface area (TPSA) is 63.4 Å². The minimum absolute atomic E-state index is 0.0156. The first kappa shape index (κ1) is 12.3. The summed E-state index contributed by atoms with van der Waals surface area (Å²) in [4.78, 5) is 25.6. The number of carbonyl (C=O) groups excluding carboxylic acids is 2. The van der Waals surface area contributed by atoms with Gasteiger partial charge in [-0.25, -0.2) is 9.29 Å². The van der Waals surface area contributed by atoms with Gasteiger partial charge >= 0.3 is 0 Å². The lowest BCUT2D eigenvalue weighted by molar-refractivity contribution is 0.0925. The first-order valence-electron chi connectivity index (χ1n) is 6.04. The highest BCUT2D eigenvalue weighted by atomic mass is 19.1. The van der Waals surface area contributed by atoms with Crippen LogP contribution in [0.1, 0.15) is 26.3 Å². The highest BCUT2D eigenvalue weighted by Gasteiger charge is 2.39. The SMILES string of the molecule is Cc1cccc(F)c1N1C(=O)c2cccc(N)c2C1=O. The Morgan fingerprint density at radius 3 is 2.40 bits per heavy atom. The van der Waals surface area contributed by atoms with Crippen LogP contribution in [0.15, 0.2) is 36.4 Å². The normalized spacial score (nSPS) is 13.8. The molecule has 1 aliphatic rings. The Hall–Kier alpha value is -2.69. The van der Waals surface area contributed by atoms with Gasteiger partial charge in [-0.15, -0.1) is 0 Å². The summed E-state index contributed by atoms with van der Waals surface area (Å²) in [6, 6.07) is 9.04. The molecular formula is C15H11FN2O2. The second-order valence-corrected chi connectivity index (χ2v) is 4.62. The molecule has 1 heterocycles. The molecule has 100 valence electrons. The standard InChI is InChI=1S/C15H11FN2O2/c1-8-4-2-6-10(16)13(8)18-14(19)9-5-3-7-11(17)12(9)15(18)20/h2-7H,17H2,1H3. The molecule has 0 spiro atoms. The number of para-hydroxylation sites is 1. The smallest absolute Gasteiger partial charge is 0.268 e. The van der Waals surface area contributed by atoms with Crippen molar-refractivity contribution < 1.29 is 14.0 Å². The molecule has 0 aromatic heterocycles. The first-order valence-corrected chi connectivity index (χ1v) is 6.04. The number of hydrogen-bond acceptors (Lipinski definition) is 3. The van der Waals surface area contributed by atoms with Gasteiger partial charge in [-0.2, -0.15) is 0 Å². The number of nitrogens with zero attached hydrogens (tertiary/aromatic N) is 1. The quantitative estimate of drug-likeness (QED) is 0.639. The summed E-state index contributed by atoms with van der Waals surface area (Å²) in [6.07, 6.45) is 0. The predicted molar refractivity (Wildman–Crippen MR) is 73.1 cm³/mol. The van der Waals surface area contributed by atoms with E-state index in [1.165, 1.54) is 18.2 Å². The molecule has 2 N–H and O–H groups in total. The van der Waals surface area contributed by atoms with Crippen LogP contribution in [0.25, 0.3) is 0 Å². The second kappa shape index (κ2) is 4.16. The largest absolute Gasteiger partial charge is 0.398 e. The van der Waals surface area contributed by atoms with Gasteiger partial charge in [-0.3, -0.25) is 9.59 Å². The Kier molecular flexibility index (Phi) is 2.57. The van der Waals surface area contributed by atoms with Crippen LogP contribution in [0.2, 0.25) is 0 Å². The predicted octanol–water partition coefficient (Wildman–Crippen LogP) is 2.52. The van der Waals surface area contributed by atoms with E-state index in [0.717, 1.165) is 4.90 Å². The van der Waals surface area contributed by atoms with E-state index in [9.17, 15) is 14.0 Å². The number of imide groups is 1. The van der Waals surface area contributed by atoms with Gasteiger partial charge in [-0.05, 0) is 30.7 Å². The van der Waals surface area contributed by atoms with E-state index < -0.39 is 17.6 Å². The summed E-state index contributed by atoms with van der Waals surface area (Å²) >= 11 is 0. The van der Waals surface area contributed by atoms with Crippen molar-refractivity contribution in [2.45, 2.75) is 6.92 Å². The van der Waals surface area contributed by atoms with E-state index in [2.05, 4.69) is 0 Å². The number of anilines is 2. The molecule has 0 saturated heterocycles. The third-order valence-corrected chi connectivity index (χ3v) is 3.36. The Morgan fingerprint density at radius 2 is 1.75 bits per heavy atom. The number of rotatable bonds is 1. The third-order valence-electron chi connectivity index (χ3n) is 3.36. The van der Waals surface area contributed by atoms with E-state index in [1.54, 1.807) is 25.1 Å². The Bertz CT molecular complexity index is 735. The van der Waals surface area contributed by atoms with Crippen LogP contribution in [0.5, 0.6) is 0 Å². The van der Waals surface area contributed by atoms with Crippen LogP contribution in [0.3, 0.4) is 0 Å². The molecule has 1 aliphatic heterocycles. The summed E-state index contributed by atoms with van der Waals surface area (Å²) in [5.41, 5.74) is 6.81. The number of amides is 2. The van der Waals surface area contributed by atoms with Crippen molar-refractivity contribution in [3.05, 3.63) is 58.9 Å². The van der Waals surface area contributed by atoms with Gasteiger partial charge in [0.1, 0.15) is 5.82 Å². The fraction of sp³-hybridized carbons (Fsp3) is 0.0667. The number of aryl methyl sites for hydroxylation is 1. The number of halogens is 1. The molecule has 0 bridgehead atoms. The van der Waals surface area contributed by atoms with Crippen molar-refractivity contribution in [1.29, 1.82) is 0 Å². The molecule has 2 aromatic rings. The van der Waals surface area contributed by atoms with Gasteiger partial charge in [0.05, 0.1) is 16.8 Å². The van der Waals surface area contributed by atoms with Gasteiger partial charge in [0.25, 0.3) is 11.8 Å². The van der Waals surface area contributed by atoms with Gasteiger partial charge in [0.2, 0.25) is 0 Å². The molecule has 0 saturated carbocycles. The lowest BCUT2D eigenvalue weighted by Gasteiger charge is -2.17. The molecule has 0 aliphatic carbocycles. The van der Waals surface area contributed by atoms with Gasteiger partial charge < -0.3 is 5.73 Å². The zero-order chi connectivity index (χ0) is 14.4. The number of carbonyl (C=O) groups is 2. The number of nitrogen functional groups attached to an aromatic ring is 1. The molecule has 0 unspecified atom stereocenters. The molecule has 3 rings (SSSR count). The molecule has 2 amide bonds. The highest BCUT2D eigenvalue weighted by molar-refractivity contribution is 6.36. The number of fused-ring (bicyclic) bond motifs is 1. The Balaban J connectivity index is 2.23. The molecule has 0 radical (unpaired) electrons. The van der Waals surface area contributed by atoms with E-state index in [4.69, 9.17) is 5.73 Å². The molecule has 20 heavy (non-hydrogen) atoms. The maximum atomic E-state index is 14.0. The van der Waals surface area contributed by atoms with Crippen LogP contribution >= 0.6 is 0 Å². The minimum atomic E-state index is -0.613.